The number of aliphatic hydroxyl groups excluding tert-OH is 1. The largest absolute Gasteiger partial charge is 0.394 e. The monoisotopic (exact) mass is 614 g/mol. The van der Waals surface area contributed by atoms with Crippen LogP contribution in [0.25, 0.3) is 0 Å². The zero-order valence-electron chi connectivity index (χ0n) is 26.4. The van der Waals surface area contributed by atoms with Crippen LogP contribution >= 0.6 is 0 Å². The molecule has 0 unspecified atom stereocenters. The number of primary amides is 1. The summed E-state index contributed by atoms with van der Waals surface area (Å²) < 4.78 is 0. The van der Waals surface area contributed by atoms with Crippen molar-refractivity contribution in [1.29, 1.82) is 0 Å². The number of rotatable bonds is 21. The van der Waals surface area contributed by atoms with E-state index in [2.05, 4.69) is 26.6 Å². The first-order valence-electron chi connectivity index (χ1n) is 14.9. The number of amides is 6. The van der Waals surface area contributed by atoms with Crippen LogP contribution < -0.4 is 43.8 Å². The van der Waals surface area contributed by atoms with Gasteiger partial charge in [0.2, 0.25) is 35.4 Å². The summed E-state index contributed by atoms with van der Waals surface area (Å²) in [5, 5.41) is 22.0. The van der Waals surface area contributed by atoms with Crippen LogP contribution in [-0.4, -0.2) is 90.5 Å². The Morgan fingerprint density at radius 1 is 0.767 bits per heavy atom. The maximum Gasteiger partial charge on any atom is 0.243 e. The van der Waals surface area contributed by atoms with Gasteiger partial charge in [-0.3, -0.25) is 28.8 Å². The van der Waals surface area contributed by atoms with Gasteiger partial charge in [-0.2, -0.15) is 0 Å². The smallest absolute Gasteiger partial charge is 0.243 e. The third-order valence-electron chi connectivity index (χ3n) is 6.96. The highest BCUT2D eigenvalue weighted by Crippen LogP contribution is 2.11. The molecule has 6 amide bonds. The zero-order chi connectivity index (χ0) is 33.3. The number of aliphatic hydroxyl groups is 1. The molecule has 0 fully saturated rings. The molecular formula is C28H54N8O7. The van der Waals surface area contributed by atoms with Gasteiger partial charge in [-0.25, -0.2) is 0 Å². The molecule has 0 aromatic rings. The molecular weight excluding hydrogens is 560 g/mol. The average Bonchev–Trinajstić information content (AvgIpc) is 2.94. The van der Waals surface area contributed by atoms with Crippen LogP contribution in [-0.2, 0) is 28.8 Å². The standard InChI is InChI=1S/C28H54N8O7/c1-7-17(6)23(36-27(42)20(12-15(2)3)34-25(40)18(30)14-37)28(43)32-13-21(38)33-19(10-8-9-11-29)26(41)35-22(16(4)5)24(31)39/h15-20,22-23,37H,7-14,29-30H2,1-6H3,(H2,31,39)(H,32,43)(H,33,38)(H,34,40)(H,35,41)(H,36,42)/t17-,18+,19+,20-,22+,23-/m0/s1. The van der Waals surface area contributed by atoms with E-state index < -0.39 is 78.8 Å². The van der Waals surface area contributed by atoms with E-state index in [-0.39, 0.29) is 30.6 Å². The molecule has 0 aliphatic carbocycles. The molecule has 248 valence electrons. The van der Waals surface area contributed by atoms with Crippen molar-refractivity contribution in [3.05, 3.63) is 0 Å². The minimum Gasteiger partial charge on any atom is -0.394 e. The Kier molecular flexibility index (Phi) is 19.0. The lowest BCUT2D eigenvalue weighted by Gasteiger charge is -2.27. The molecule has 15 heteroatoms. The molecule has 0 aliphatic heterocycles. The van der Waals surface area contributed by atoms with E-state index in [0.29, 0.717) is 25.8 Å². The molecule has 0 spiro atoms. The van der Waals surface area contributed by atoms with Gasteiger partial charge >= 0.3 is 0 Å². The Hall–Kier alpha value is -3.30. The van der Waals surface area contributed by atoms with Crippen LogP contribution in [0.1, 0.15) is 73.6 Å². The number of carbonyl (C=O) groups excluding carboxylic acids is 6. The molecule has 0 saturated heterocycles. The van der Waals surface area contributed by atoms with Gasteiger partial charge in [-0.05, 0) is 50.0 Å². The lowest BCUT2D eigenvalue weighted by atomic mass is 9.96. The van der Waals surface area contributed by atoms with Gasteiger partial charge in [0.15, 0.2) is 0 Å². The van der Waals surface area contributed by atoms with E-state index in [1.807, 2.05) is 20.8 Å². The molecule has 0 heterocycles. The Morgan fingerprint density at radius 3 is 1.84 bits per heavy atom. The summed E-state index contributed by atoms with van der Waals surface area (Å²) in [7, 11) is 0. The van der Waals surface area contributed by atoms with Crippen molar-refractivity contribution in [1.82, 2.24) is 26.6 Å². The minimum absolute atomic E-state index is 0.00904. The summed E-state index contributed by atoms with van der Waals surface area (Å²) in [4.78, 5) is 76.0. The van der Waals surface area contributed by atoms with E-state index in [1.54, 1.807) is 20.8 Å². The van der Waals surface area contributed by atoms with E-state index in [9.17, 15) is 28.8 Å². The van der Waals surface area contributed by atoms with Crippen molar-refractivity contribution in [3.8, 4) is 0 Å². The van der Waals surface area contributed by atoms with Gasteiger partial charge in [0.05, 0.1) is 13.2 Å². The average molecular weight is 615 g/mol. The van der Waals surface area contributed by atoms with Gasteiger partial charge < -0.3 is 48.9 Å². The van der Waals surface area contributed by atoms with Crippen LogP contribution in [0.4, 0.5) is 0 Å². The van der Waals surface area contributed by atoms with Crippen LogP contribution in [0.5, 0.6) is 0 Å². The van der Waals surface area contributed by atoms with Crippen molar-refractivity contribution in [2.75, 3.05) is 19.7 Å². The fraction of sp³-hybridized carbons (Fsp3) is 0.786. The second kappa shape index (κ2) is 20.6. The predicted octanol–water partition coefficient (Wildman–Crippen LogP) is -2.28. The number of nitrogens with two attached hydrogens (primary N) is 3. The minimum atomic E-state index is -1.21. The zero-order valence-corrected chi connectivity index (χ0v) is 26.4. The molecule has 0 aromatic heterocycles. The Bertz CT molecular complexity index is 931. The van der Waals surface area contributed by atoms with Gasteiger partial charge in [0, 0.05) is 0 Å². The highest BCUT2D eigenvalue weighted by atomic mass is 16.3. The van der Waals surface area contributed by atoms with E-state index in [0.717, 1.165) is 0 Å². The highest BCUT2D eigenvalue weighted by molar-refractivity contribution is 5.95. The fourth-order valence-electron chi connectivity index (χ4n) is 4.12. The molecule has 43 heavy (non-hydrogen) atoms. The highest BCUT2D eigenvalue weighted by Gasteiger charge is 2.32. The van der Waals surface area contributed by atoms with E-state index >= 15 is 0 Å². The summed E-state index contributed by atoms with van der Waals surface area (Å²) in [5.74, 6) is -4.48. The van der Waals surface area contributed by atoms with E-state index in [1.165, 1.54) is 0 Å². The molecule has 0 saturated carbocycles. The van der Waals surface area contributed by atoms with Gasteiger partial charge in [0.1, 0.15) is 30.2 Å². The molecule has 12 N–H and O–H groups in total. The third kappa shape index (κ3) is 15.1. The summed E-state index contributed by atoms with van der Waals surface area (Å²) in [6.45, 7) is 10.1. The molecule has 6 atom stereocenters. The van der Waals surface area contributed by atoms with Crippen LogP contribution in [0, 0.1) is 17.8 Å². The molecule has 0 rings (SSSR count). The van der Waals surface area contributed by atoms with Gasteiger partial charge in [0.25, 0.3) is 0 Å². The topological polar surface area (TPSA) is 261 Å². The first-order chi connectivity index (χ1) is 20.1. The normalized spacial score (nSPS) is 15.4. The maximum atomic E-state index is 13.2. The Balaban J connectivity index is 5.55. The summed E-state index contributed by atoms with van der Waals surface area (Å²) >= 11 is 0. The number of carbonyl (C=O) groups is 6. The number of unbranched alkanes of at least 4 members (excludes halogenated alkanes) is 1. The molecule has 0 radical (unpaired) electrons. The number of hydrogen-bond acceptors (Lipinski definition) is 9. The Labute approximate surface area is 254 Å². The lowest BCUT2D eigenvalue weighted by molar-refractivity contribution is -0.134. The quantitative estimate of drug-likeness (QED) is 0.0630. The van der Waals surface area contributed by atoms with E-state index in [4.69, 9.17) is 22.3 Å². The summed E-state index contributed by atoms with van der Waals surface area (Å²) in [5.41, 5.74) is 16.5. The van der Waals surface area contributed by atoms with Crippen LogP contribution in [0.15, 0.2) is 0 Å². The number of nitrogens with one attached hydrogen (secondary N) is 5. The lowest BCUT2D eigenvalue weighted by Crippen LogP contribution is -2.58. The van der Waals surface area contributed by atoms with Crippen molar-refractivity contribution in [2.45, 2.75) is 104 Å². The molecule has 0 aromatic carbocycles. The van der Waals surface area contributed by atoms with Crippen molar-refractivity contribution >= 4 is 35.4 Å². The van der Waals surface area contributed by atoms with Gasteiger partial charge in [-0.15, -0.1) is 0 Å². The summed E-state index contributed by atoms with van der Waals surface area (Å²) in [6, 6.07) is -5.16. The maximum absolute atomic E-state index is 13.2. The van der Waals surface area contributed by atoms with Crippen molar-refractivity contribution in [3.63, 3.8) is 0 Å². The van der Waals surface area contributed by atoms with Crippen molar-refractivity contribution in [2.24, 2.45) is 35.0 Å². The summed E-state index contributed by atoms with van der Waals surface area (Å²) in [6.07, 6.45) is 2.17. The first kappa shape index (κ1) is 39.7. The SMILES string of the molecule is CC[C@H](C)[C@H](NC(=O)[C@H](CC(C)C)NC(=O)[C@H](N)CO)C(=O)NCC(=O)N[C@H](CCCCN)C(=O)N[C@@H](C(N)=O)C(C)C. The molecule has 0 aliphatic rings. The Morgan fingerprint density at radius 2 is 1.35 bits per heavy atom. The first-order valence-corrected chi connectivity index (χ1v) is 14.9. The second-order valence-electron chi connectivity index (χ2n) is 11.6. The molecule has 0 bridgehead atoms. The van der Waals surface area contributed by atoms with Gasteiger partial charge in [-0.1, -0.05) is 48.0 Å². The van der Waals surface area contributed by atoms with Crippen LogP contribution in [0.3, 0.4) is 0 Å². The predicted molar refractivity (Wildman–Crippen MR) is 162 cm³/mol. The number of hydrogen-bond donors (Lipinski definition) is 9. The third-order valence-corrected chi connectivity index (χ3v) is 6.96. The molecule has 15 nitrogen and oxygen atoms in total. The van der Waals surface area contributed by atoms with Crippen molar-refractivity contribution < 1.29 is 33.9 Å². The fourth-order valence-corrected chi connectivity index (χ4v) is 4.12. The van der Waals surface area contributed by atoms with Crippen LogP contribution in [0.2, 0.25) is 0 Å². The second-order valence-corrected chi connectivity index (χ2v) is 11.6.